The molecule has 6 heteroatoms. The second kappa shape index (κ2) is 23.5. The molecule has 0 saturated heterocycles. The van der Waals surface area contributed by atoms with E-state index < -0.39 is 13.3 Å². The maximum absolute atomic E-state index is 14.3. The number of para-hydroxylation sites is 6. The minimum atomic E-state index is -4.14. The van der Waals surface area contributed by atoms with Gasteiger partial charge in [-0.05, 0) is 0 Å². The van der Waals surface area contributed by atoms with Gasteiger partial charge in [0.15, 0.2) is 0 Å². The zero-order chi connectivity index (χ0) is 60.7. The van der Waals surface area contributed by atoms with Crippen molar-refractivity contribution in [2.75, 3.05) is 9.80 Å². The molecule has 14 aromatic carbocycles. The van der Waals surface area contributed by atoms with Crippen LogP contribution in [-0.2, 0) is 0 Å². The predicted octanol–water partition coefficient (Wildman–Crippen LogP) is 19.1. The number of carbonyl (C=O) groups excluding carboxylic acids is 1. The summed E-state index contributed by atoms with van der Waals surface area (Å²) in [6, 6.07) is 131. The number of nitrogens with zero attached hydrogens (tertiary/aromatic N) is 4. The molecule has 0 unspecified atom stereocenters. The van der Waals surface area contributed by atoms with Gasteiger partial charge < -0.3 is 0 Å². The number of benzene rings is 14. The summed E-state index contributed by atoms with van der Waals surface area (Å²) in [5.74, 6) is 0.00417. The van der Waals surface area contributed by atoms with Gasteiger partial charge in [-0.15, -0.1) is 0 Å². The summed E-state index contributed by atoms with van der Waals surface area (Å²) >= 11 is -4.14. The van der Waals surface area contributed by atoms with Crippen molar-refractivity contribution in [1.29, 1.82) is 0 Å². The third kappa shape index (κ3) is 9.62. The summed E-state index contributed by atoms with van der Waals surface area (Å²) < 4.78 is 10.2. The van der Waals surface area contributed by atoms with Crippen LogP contribution in [0.25, 0.3) is 66.1 Å². The quantitative estimate of drug-likeness (QED) is 0.0758. The van der Waals surface area contributed by atoms with Crippen LogP contribution >= 0.6 is 0 Å². The second-order valence-electron chi connectivity index (χ2n) is 23.1. The van der Waals surface area contributed by atoms with Gasteiger partial charge in [0.05, 0.1) is 0 Å². The fourth-order valence-corrected chi connectivity index (χ4v) is 23.9. The number of hydrogen-bond donors (Lipinski definition) is 0. The van der Waals surface area contributed by atoms with E-state index in [1.54, 1.807) is 0 Å². The Morgan fingerprint density at radius 3 is 1.10 bits per heavy atom. The average molecular weight is 1230 g/mol. The van der Waals surface area contributed by atoms with Crippen LogP contribution in [0.1, 0.15) is 15.9 Å². The minimum absolute atomic E-state index is 0.00417. The van der Waals surface area contributed by atoms with Crippen molar-refractivity contribution in [2.24, 2.45) is 0 Å². The molecule has 0 amide bonds. The Labute approximate surface area is 532 Å². The fraction of sp³-hybridized carbons (Fsp3) is 0. The molecular formula is C85H60GeN4O. The Morgan fingerprint density at radius 2 is 0.626 bits per heavy atom. The number of hydrogen-bond acceptors (Lipinski definition) is 3. The molecule has 5 nitrogen and oxygen atoms in total. The maximum atomic E-state index is 14.3. The van der Waals surface area contributed by atoms with Crippen LogP contribution in [0.3, 0.4) is 0 Å². The molecule has 0 aliphatic carbocycles. The van der Waals surface area contributed by atoms with Crippen LogP contribution in [0.2, 0.25) is 0 Å². The first kappa shape index (κ1) is 54.9. The van der Waals surface area contributed by atoms with Crippen LogP contribution in [0.5, 0.6) is 0 Å². The summed E-state index contributed by atoms with van der Waals surface area (Å²) in [6.07, 6.45) is 0. The van der Waals surface area contributed by atoms with Crippen molar-refractivity contribution in [2.45, 2.75) is 0 Å². The molecule has 16 aromatic rings. The van der Waals surface area contributed by atoms with Crippen LogP contribution < -0.4 is 27.4 Å². The molecule has 2 aromatic heterocycles. The number of fused-ring (bicyclic) bond motifs is 6. The van der Waals surface area contributed by atoms with E-state index in [0.29, 0.717) is 11.1 Å². The van der Waals surface area contributed by atoms with E-state index in [1.807, 2.05) is 48.5 Å². The normalized spacial score (nSPS) is 11.6. The van der Waals surface area contributed by atoms with Gasteiger partial charge in [-0.2, -0.15) is 0 Å². The number of anilines is 6. The van der Waals surface area contributed by atoms with Crippen LogP contribution in [-0.4, -0.2) is 28.2 Å². The summed E-state index contributed by atoms with van der Waals surface area (Å²) in [5.41, 5.74) is 16.3. The number of aromatic nitrogens is 2. The van der Waals surface area contributed by atoms with Gasteiger partial charge >= 0.3 is 487 Å². The van der Waals surface area contributed by atoms with E-state index >= 15 is 0 Å². The summed E-state index contributed by atoms with van der Waals surface area (Å²) in [4.78, 5) is 19.0. The van der Waals surface area contributed by atoms with E-state index in [4.69, 9.17) is 0 Å². The summed E-state index contributed by atoms with van der Waals surface area (Å²) in [5, 5.41) is 4.63. The molecule has 0 fully saturated rings. The molecular weight excluding hydrogens is 1170 g/mol. The number of carbonyl (C=O) groups is 1. The Hall–Kier alpha value is -11.5. The van der Waals surface area contributed by atoms with Crippen molar-refractivity contribution in [1.82, 2.24) is 9.13 Å². The van der Waals surface area contributed by atoms with Crippen LogP contribution in [0, 0.1) is 0 Å². The van der Waals surface area contributed by atoms with Crippen molar-refractivity contribution < 1.29 is 4.79 Å². The molecule has 0 saturated carbocycles. The van der Waals surface area contributed by atoms with Crippen molar-refractivity contribution in [3.8, 4) is 22.5 Å². The third-order valence-electron chi connectivity index (χ3n) is 18.0. The number of rotatable bonds is 15. The standard InChI is InChI=1S/C85H60GeN4O/c91-85(62-28-8-1-9-29-62)76-45-23-22-42-73(76)61-48-50-65(51-49-61)86(63-30-10-2-11-31-63,64-32-12-3-13-33-64)66-52-55-83(89-79-46-26-24-43-74(79)77-59-71(53-56-81(77)89)87(67-34-14-4-15-35-67)68-36-16-5-17-37-68)84(58-66)90-80-47-27-25-44-75(80)78-60-72(54-57-82(78)90)88(69-38-18-6-19-39-69)70-40-20-7-21-41-70/h1-60H. The SMILES string of the molecule is O=C(c1ccccc1)c1ccccc1-c1cc[c]([Ge]([c]2ccccc2)([c]2ccccc2)[c]2ccc(-n3c4ccccc4c4cc(N(c5ccccc5)c5ccccc5)ccc43)c(-n3c4ccccc4c4cc(N(c5ccccc5)c5ccccc5)ccc43)c2)cc1. The van der Waals surface area contributed by atoms with E-state index in [0.717, 1.165) is 100 Å². The van der Waals surface area contributed by atoms with Crippen LogP contribution in [0.4, 0.5) is 34.1 Å². The molecule has 430 valence electrons. The Bertz CT molecular complexity index is 5170. The first-order chi connectivity index (χ1) is 45.1. The van der Waals surface area contributed by atoms with Gasteiger partial charge in [0.1, 0.15) is 0 Å². The summed E-state index contributed by atoms with van der Waals surface area (Å²) in [7, 11) is 0. The first-order valence-corrected chi connectivity index (χ1v) is 35.2. The molecule has 0 spiro atoms. The molecule has 0 aliphatic heterocycles. The van der Waals surface area contributed by atoms with Gasteiger partial charge in [-0.25, -0.2) is 0 Å². The summed E-state index contributed by atoms with van der Waals surface area (Å²) in [6.45, 7) is 0. The van der Waals surface area contributed by atoms with E-state index in [-0.39, 0.29) is 5.78 Å². The zero-order valence-corrected chi connectivity index (χ0v) is 51.9. The average Bonchev–Trinajstić information content (AvgIpc) is 1.43. The van der Waals surface area contributed by atoms with Gasteiger partial charge in [0, 0.05) is 0 Å². The third-order valence-corrected chi connectivity index (χ3v) is 28.0. The molecule has 16 rings (SSSR count). The van der Waals surface area contributed by atoms with Gasteiger partial charge in [0.2, 0.25) is 0 Å². The van der Waals surface area contributed by atoms with E-state index in [9.17, 15) is 4.79 Å². The molecule has 0 atom stereocenters. The molecule has 0 aliphatic rings. The van der Waals surface area contributed by atoms with Crippen molar-refractivity contribution in [3.05, 3.63) is 375 Å². The predicted molar refractivity (Wildman–Crippen MR) is 383 cm³/mol. The zero-order valence-electron chi connectivity index (χ0n) is 49.8. The Kier molecular flexibility index (Phi) is 14.2. The van der Waals surface area contributed by atoms with Gasteiger partial charge in [0.25, 0.3) is 0 Å². The van der Waals surface area contributed by atoms with Crippen LogP contribution in [0.15, 0.2) is 364 Å². The fourth-order valence-electron chi connectivity index (χ4n) is 14.0. The second-order valence-corrected chi connectivity index (χ2v) is 31.1. The molecule has 2 heterocycles. The Morgan fingerprint density at radius 1 is 0.264 bits per heavy atom. The van der Waals surface area contributed by atoms with E-state index in [1.165, 1.54) is 17.6 Å². The first-order valence-electron chi connectivity index (χ1n) is 31.0. The number of ketones is 1. The van der Waals surface area contributed by atoms with Crippen molar-refractivity contribution >= 4 is 114 Å². The van der Waals surface area contributed by atoms with Crippen molar-refractivity contribution in [3.63, 3.8) is 0 Å². The van der Waals surface area contributed by atoms with Gasteiger partial charge in [-0.1, -0.05) is 48.5 Å². The molecule has 0 N–H and O–H groups in total. The Balaban J connectivity index is 0.971. The molecule has 91 heavy (non-hydrogen) atoms. The topological polar surface area (TPSA) is 33.4 Å². The molecule has 0 bridgehead atoms. The van der Waals surface area contributed by atoms with E-state index in [2.05, 4.69) is 334 Å². The molecule has 0 radical (unpaired) electrons. The monoisotopic (exact) mass is 1230 g/mol. The van der Waals surface area contributed by atoms with Gasteiger partial charge in [-0.3, -0.25) is 0 Å².